The van der Waals surface area contributed by atoms with Gasteiger partial charge in [-0.2, -0.15) is 0 Å². The van der Waals surface area contributed by atoms with E-state index in [0.29, 0.717) is 6.42 Å². The Balaban J connectivity index is 1.92. The van der Waals surface area contributed by atoms with E-state index in [0.717, 1.165) is 36.4 Å². The van der Waals surface area contributed by atoms with Crippen LogP contribution >= 0.6 is 11.5 Å². The van der Waals surface area contributed by atoms with Crippen LogP contribution in [0.25, 0.3) is 0 Å². The van der Waals surface area contributed by atoms with Crippen molar-refractivity contribution in [1.29, 1.82) is 0 Å². The number of hydrogen-bond donors (Lipinski definition) is 0. The summed E-state index contributed by atoms with van der Waals surface area (Å²) in [4.78, 5) is 12.8. The van der Waals surface area contributed by atoms with Gasteiger partial charge in [-0.3, -0.25) is 4.79 Å². The topological polar surface area (TPSA) is 52.1 Å². The molecule has 0 bridgehead atoms. The van der Waals surface area contributed by atoms with Crippen LogP contribution in [0.4, 0.5) is 0 Å². The van der Waals surface area contributed by atoms with Gasteiger partial charge in [0.05, 0.1) is 11.8 Å². The summed E-state index contributed by atoms with van der Waals surface area (Å²) in [5.74, 6) is 0.426. The summed E-state index contributed by atoms with van der Waals surface area (Å²) in [7, 11) is 0. The SMILES string of the molecule is CC(C)c1nnsc1C(=O)CCC1CCCO1. The highest BCUT2D eigenvalue weighted by Crippen LogP contribution is 2.23. The van der Waals surface area contributed by atoms with Gasteiger partial charge in [-0.15, -0.1) is 5.10 Å². The van der Waals surface area contributed by atoms with Crippen LogP contribution in [0.2, 0.25) is 0 Å². The van der Waals surface area contributed by atoms with E-state index in [-0.39, 0.29) is 17.8 Å². The van der Waals surface area contributed by atoms with E-state index in [2.05, 4.69) is 9.59 Å². The van der Waals surface area contributed by atoms with Gasteiger partial charge in [-0.05, 0) is 36.7 Å². The molecule has 0 aromatic carbocycles. The van der Waals surface area contributed by atoms with E-state index in [4.69, 9.17) is 4.74 Å². The lowest BCUT2D eigenvalue weighted by molar-refractivity contribution is 0.0861. The Bertz CT molecular complexity index is 384. The van der Waals surface area contributed by atoms with Crippen molar-refractivity contribution in [2.24, 2.45) is 0 Å². The van der Waals surface area contributed by atoms with Crippen LogP contribution in [-0.2, 0) is 4.74 Å². The number of ketones is 1. The van der Waals surface area contributed by atoms with Gasteiger partial charge in [-0.1, -0.05) is 18.3 Å². The standard InChI is InChI=1S/C12H18N2O2S/c1-8(2)11-12(17-14-13-11)10(15)6-5-9-4-3-7-16-9/h8-9H,3-7H2,1-2H3. The number of Topliss-reactive ketones (excluding diaryl/α,β-unsaturated/α-hetero) is 1. The zero-order chi connectivity index (χ0) is 12.3. The van der Waals surface area contributed by atoms with Crippen LogP contribution in [0.5, 0.6) is 0 Å². The third kappa shape index (κ3) is 3.10. The molecule has 0 spiro atoms. The third-order valence-corrected chi connectivity index (χ3v) is 3.81. The van der Waals surface area contributed by atoms with Crippen LogP contribution in [0.1, 0.15) is 60.8 Å². The first-order chi connectivity index (χ1) is 8.18. The first-order valence-electron chi connectivity index (χ1n) is 6.15. The average molecular weight is 254 g/mol. The van der Waals surface area contributed by atoms with Crippen LogP contribution in [0.15, 0.2) is 0 Å². The minimum Gasteiger partial charge on any atom is -0.378 e. The maximum atomic E-state index is 12.1. The van der Waals surface area contributed by atoms with E-state index < -0.39 is 0 Å². The number of nitrogens with zero attached hydrogens (tertiary/aromatic N) is 2. The van der Waals surface area contributed by atoms with Crippen molar-refractivity contribution in [2.75, 3.05) is 6.61 Å². The van der Waals surface area contributed by atoms with Crippen molar-refractivity contribution >= 4 is 17.3 Å². The monoisotopic (exact) mass is 254 g/mol. The molecule has 1 unspecified atom stereocenters. The minimum atomic E-state index is 0.166. The second-order valence-electron chi connectivity index (χ2n) is 4.74. The molecule has 94 valence electrons. The van der Waals surface area contributed by atoms with E-state index in [1.54, 1.807) is 0 Å². The van der Waals surface area contributed by atoms with Gasteiger partial charge in [0.2, 0.25) is 0 Å². The minimum absolute atomic E-state index is 0.166. The molecule has 1 aromatic rings. The molecule has 1 saturated heterocycles. The van der Waals surface area contributed by atoms with Crippen molar-refractivity contribution in [1.82, 2.24) is 9.59 Å². The molecule has 0 amide bonds. The lowest BCUT2D eigenvalue weighted by Crippen LogP contribution is -2.09. The first-order valence-corrected chi connectivity index (χ1v) is 6.93. The number of aromatic nitrogens is 2. The fourth-order valence-electron chi connectivity index (χ4n) is 2.05. The summed E-state index contributed by atoms with van der Waals surface area (Å²) in [6.45, 7) is 4.92. The first kappa shape index (κ1) is 12.6. The number of hydrogen-bond acceptors (Lipinski definition) is 5. The largest absolute Gasteiger partial charge is 0.378 e. The quantitative estimate of drug-likeness (QED) is 0.758. The lowest BCUT2D eigenvalue weighted by atomic mass is 10.0. The molecule has 4 nitrogen and oxygen atoms in total. The van der Waals surface area contributed by atoms with Crippen LogP contribution < -0.4 is 0 Å². The molecule has 1 aliphatic heterocycles. The van der Waals surface area contributed by atoms with Crippen LogP contribution in [0, 0.1) is 0 Å². The van der Waals surface area contributed by atoms with Gasteiger partial charge in [0.1, 0.15) is 4.88 Å². The van der Waals surface area contributed by atoms with Crippen molar-refractivity contribution in [3.05, 3.63) is 10.6 Å². The lowest BCUT2D eigenvalue weighted by Gasteiger charge is -2.08. The van der Waals surface area contributed by atoms with Gasteiger partial charge in [0.15, 0.2) is 5.78 Å². The smallest absolute Gasteiger partial charge is 0.176 e. The molecule has 1 aliphatic rings. The number of carbonyl (C=O) groups is 1. The molecule has 17 heavy (non-hydrogen) atoms. The Labute approximate surface area is 106 Å². The second kappa shape index (κ2) is 5.69. The molecule has 1 atom stereocenters. The highest BCUT2D eigenvalue weighted by molar-refractivity contribution is 7.08. The van der Waals surface area contributed by atoms with Gasteiger partial charge in [0.25, 0.3) is 0 Å². The molecule has 0 saturated carbocycles. The van der Waals surface area contributed by atoms with Crippen molar-refractivity contribution in [3.8, 4) is 0 Å². The molecule has 0 radical (unpaired) electrons. The molecule has 0 N–H and O–H groups in total. The summed E-state index contributed by atoms with van der Waals surface area (Å²) in [5.41, 5.74) is 0.840. The van der Waals surface area contributed by atoms with Crippen molar-refractivity contribution in [2.45, 2.75) is 51.6 Å². The molecule has 1 fully saturated rings. The Morgan fingerprint density at radius 3 is 3.06 bits per heavy atom. The fourth-order valence-corrected chi connectivity index (χ4v) is 2.83. The van der Waals surface area contributed by atoms with Crippen molar-refractivity contribution in [3.63, 3.8) is 0 Å². The summed E-state index contributed by atoms with van der Waals surface area (Å²) < 4.78 is 9.40. The van der Waals surface area contributed by atoms with Gasteiger partial charge in [-0.25, -0.2) is 0 Å². The van der Waals surface area contributed by atoms with E-state index in [9.17, 15) is 4.79 Å². The van der Waals surface area contributed by atoms with Crippen LogP contribution in [0.3, 0.4) is 0 Å². The van der Waals surface area contributed by atoms with Crippen LogP contribution in [-0.4, -0.2) is 28.1 Å². The van der Waals surface area contributed by atoms with Crippen molar-refractivity contribution < 1.29 is 9.53 Å². The predicted molar refractivity (Wildman–Crippen MR) is 66.5 cm³/mol. The Hall–Kier alpha value is -0.810. The molecule has 5 heteroatoms. The third-order valence-electron chi connectivity index (χ3n) is 3.03. The summed E-state index contributed by atoms with van der Waals surface area (Å²) in [6, 6.07) is 0. The summed E-state index contributed by atoms with van der Waals surface area (Å²) in [5, 5.41) is 4.03. The highest BCUT2D eigenvalue weighted by atomic mass is 32.1. The van der Waals surface area contributed by atoms with E-state index >= 15 is 0 Å². The zero-order valence-electron chi connectivity index (χ0n) is 10.3. The molecule has 2 rings (SSSR count). The summed E-state index contributed by atoms with van der Waals surface area (Å²) in [6.07, 6.45) is 3.87. The van der Waals surface area contributed by atoms with Gasteiger partial charge >= 0.3 is 0 Å². The molecule has 2 heterocycles. The van der Waals surface area contributed by atoms with E-state index in [1.165, 1.54) is 11.5 Å². The average Bonchev–Trinajstić information content (AvgIpc) is 2.96. The Morgan fingerprint density at radius 1 is 1.59 bits per heavy atom. The maximum absolute atomic E-state index is 12.1. The molecular weight excluding hydrogens is 236 g/mol. The zero-order valence-corrected chi connectivity index (χ0v) is 11.1. The maximum Gasteiger partial charge on any atom is 0.176 e. The normalized spacial score (nSPS) is 20.1. The van der Waals surface area contributed by atoms with Gasteiger partial charge in [0, 0.05) is 13.0 Å². The second-order valence-corrected chi connectivity index (χ2v) is 5.49. The van der Waals surface area contributed by atoms with Gasteiger partial charge < -0.3 is 4.74 Å². The highest BCUT2D eigenvalue weighted by Gasteiger charge is 2.21. The number of rotatable bonds is 5. The molecule has 1 aromatic heterocycles. The Kier molecular flexibility index (Phi) is 4.23. The fraction of sp³-hybridized carbons (Fsp3) is 0.750. The summed E-state index contributed by atoms with van der Waals surface area (Å²) >= 11 is 1.22. The molecular formula is C12H18N2O2S. The van der Waals surface area contributed by atoms with E-state index in [1.807, 2.05) is 13.8 Å². The Morgan fingerprint density at radius 2 is 2.41 bits per heavy atom. The molecule has 0 aliphatic carbocycles. The number of carbonyl (C=O) groups excluding carboxylic acids is 1. The predicted octanol–water partition coefficient (Wildman–Crippen LogP) is 2.80. The number of ether oxygens (including phenoxy) is 1.